The number of pyridine rings is 1. The number of nitrogens with one attached hydrogen (secondary N) is 1. The summed E-state index contributed by atoms with van der Waals surface area (Å²) >= 11 is 6.79. The van der Waals surface area contributed by atoms with Crippen LogP contribution in [0.1, 0.15) is 17.3 Å². The monoisotopic (exact) mass is 379 g/mol. The number of anilines is 1. The first-order valence-corrected chi connectivity index (χ1v) is 7.23. The molecule has 1 heterocycles. The molecule has 0 aliphatic carbocycles. The Bertz CT molecular complexity index is 635. The average Bonchev–Trinajstić information content (AvgIpc) is 2.39. The molecule has 5 heteroatoms. The maximum absolute atomic E-state index is 9.34. The minimum atomic E-state index is -0.497. The molecule has 19 heavy (non-hydrogen) atoms. The highest BCUT2D eigenvalue weighted by molar-refractivity contribution is 9.11. The first kappa shape index (κ1) is 14.0. The third-order valence-electron chi connectivity index (χ3n) is 2.68. The van der Waals surface area contributed by atoms with E-state index in [4.69, 9.17) is 0 Å². The highest BCUT2D eigenvalue weighted by Gasteiger charge is 2.16. The number of aryl methyl sites for hydroxylation is 1. The summed E-state index contributed by atoms with van der Waals surface area (Å²) in [5.74, 6) is 0. The maximum Gasteiger partial charge on any atom is 0.158 e. The molecule has 1 N–H and O–H groups in total. The van der Waals surface area contributed by atoms with Gasteiger partial charge in [0.25, 0.3) is 0 Å². The van der Waals surface area contributed by atoms with Gasteiger partial charge in [-0.1, -0.05) is 18.2 Å². The van der Waals surface area contributed by atoms with Crippen molar-refractivity contribution in [1.29, 1.82) is 5.26 Å². The van der Waals surface area contributed by atoms with Gasteiger partial charge in [-0.2, -0.15) is 5.26 Å². The lowest BCUT2D eigenvalue weighted by atomic mass is 10.1. The molecule has 0 aliphatic heterocycles. The van der Waals surface area contributed by atoms with E-state index in [9.17, 15) is 5.26 Å². The highest BCUT2D eigenvalue weighted by atomic mass is 79.9. The zero-order chi connectivity index (χ0) is 13.8. The first-order valence-electron chi connectivity index (χ1n) is 5.64. The molecule has 0 spiro atoms. The maximum atomic E-state index is 9.34. The molecule has 0 aliphatic rings. The Morgan fingerprint density at radius 1 is 1.32 bits per heavy atom. The summed E-state index contributed by atoms with van der Waals surface area (Å²) < 4.78 is 1.67. The summed E-state index contributed by atoms with van der Waals surface area (Å²) in [6, 6.07) is 11.5. The van der Waals surface area contributed by atoms with Gasteiger partial charge >= 0.3 is 0 Å². The first-order chi connectivity index (χ1) is 9.11. The third kappa shape index (κ3) is 3.34. The lowest BCUT2D eigenvalue weighted by Crippen LogP contribution is -2.11. The summed E-state index contributed by atoms with van der Waals surface area (Å²) in [7, 11) is 0. The second-order valence-electron chi connectivity index (χ2n) is 4.04. The Labute approximate surface area is 128 Å². The molecular weight excluding hydrogens is 370 g/mol. The molecule has 1 unspecified atom stereocenters. The Hall–Kier alpha value is -1.38. The molecule has 0 amide bonds. The topological polar surface area (TPSA) is 48.7 Å². The van der Waals surface area contributed by atoms with E-state index in [1.807, 2.05) is 37.3 Å². The number of hydrogen-bond donors (Lipinski definition) is 1. The summed E-state index contributed by atoms with van der Waals surface area (Å²) in [6.45, 7) is 2.00. The van der Waals surface area contributed by atoms with Crippen LogP contribution in [0.5, 0.6) is 0 Å². The number of aromatic nitrogens is 1. The van der Waals surface area contributed by atoms with Crippen LogP contribution < -0.4 is 5.32 Å². The van der Waals surface area contributed by atoms with Crippen molar-refractivity contribution >= 4 is 37.5 Å². The van der Waals surface area contributed by atoms with Gasteiger partial charge in [-0.3, -0.25) is 4.98 Å². The van der Waals surface area contributed by atoms with E-state index >= 15 is 0 Å². The van der Waals surface area contributed by atoms with Crippen LogP contribution in [0.25, 0.3) is 0 Å². The van der Waals surface area contributed by atoms with Crippen molar-refractivity contribution in [2.75, 3.05) is 5.32 Å². The third-order valence-corrected chi connectivity index (χ3v) is 3.75. The molecular formula is C14H11Br2N3. The van der Waals surface area contributed by atoms with E-state index in [1.54, 1.807) is 6.20 Å². The van der Waals surface area contributed by atoms with Crippen LogP contribution >= 0.6 is 31.9 Å². The molecule has 0 saturated heterocycles. The highest BCUT2D eigenvalue weighted by Crippen LogP contribution is 2.27. The number of para-hydroxylation sites is 1. The molecule has 2 aromatic rings. The number of nitrogens with zero attached hydrogens (tertiary/aromatic N) is 2. The van der Waals surface area contributed by atoms with Crippen molar-refractivity contribution in [2.45, 2.75) is 13.0 Å². The summed E-state index contributed by atoms with van der Waals surface area (Å²) in [5.41, 5.74) is 2.70. The van der Waals surface area contributed by atoms with Crippen LogP contribution in [0.15, 0.2) is 45.5 Å². The van der Waals surface area contributed by atoms with Crippen molar-refractivity contribution < 1.29 is 0 Å². The van der Waals surface area contributed by atoms with Gasteiger partial charge in [-0.25, -0.2) is 0 Å². The molecule has 0 fully saturated rings. The Balaban J connectivity index is 2.31. The second kappa shape index (κ2) is 6.18. The van der Waals surface area contributed by atoms with Gasteiger partial charge < -0.3 is 5.32 Å². The smallest absolute Gasteiger partial charge is 0.158 e. The average molecular weight is 381 g/mol. The van der Waals surface area contributed by atoms with Crippen molar-refractivity contribution in [3.63, 3.8) is 0 Å². The van der Waals surface area contributed by atoms with Gasteiger partial charge in [-0.15, -0.1) is 0 Å². The van der Waals surface area contributed by atoms with Crippen LogP contribution in [-0.2, 0) is 0 Å². The number of benzene rings is 1. The van der Waals surface area contributed by atoms with Gasteiger partial charge in [0.2, 0.25) is 0 Å². The van der Waals surface area contributed by atoms with Crippen LogP contribution in [-0.4, -0.2) is 4.98 Å². The molecule has 1 aromatic carbocycles. The van der Waals surface area contributed by atoms with Crippen molar-refractivity contribution in [3.8, 4) is 6.07 Å². The Morgan fingerprint density at radius 3 is 2.68 bits per heavy atom. The largest absolute Gasteiger partial charge is 0.365 e. The van der Waals surface area contributed by atoms with Crippen LogP contribution in [0.3, 0.4) is 0 Å². The number of halogens is 2. The van der Waals surface area contributed by atoms with E-state index in [2.05, 4.69) is 48.2 Å². The number of nitriles is 1. The second-order valence-corrected chi connectivity index (χ2v) is 5.81. The van der Waals surface area contributed by atoms with Gasteiger partial charge in [0, 0.05) is 20.8 Å². The molecule has 96 valence electrons. The molecule has 0 bridgehead atoms. The standard InChI is InChI=1S/C14H11Br2N3/c1-9-4-2-3-5-12(9)19-13(7-17)14-11(16)6-10(15)8-18-14/h2-6,8,13,19H,1H3. The number of hydrogen-bond acceptors (Lipinski definition) is 3. The van der Waals surface area contributed by atoms with E-state index in [1.165, 1.54) is 0 Å². The molecule has 1 aromatic heterocycles. The Morgan fingerprint density at radius 2 is 2.05 bits per heavy atom. The van der Waals surface area contributed by atoms with Crippen LogP contribution in [0, 0.1) is 18.3 Å². The van der Waals surface area contributed by atoms with Crippen LogP contribution in [0.4, 0.5) is 5.69 Å². The summed E-state index contributed by atoms with van der Waals surface area (Å²) in [6.07, 6.45) is 1.68. The lowest BCUT2D eigenvalue weighted by Gasteiger charge is -2.15. The molecule has 3 nitrogen and oxygen atoms in total. The quantitative estimate of drug-likeness (QED) is 0.846. The fraction of sp³-hybridized carbons (Fsp3) is 0.143. The van der Waals surface area contributed by atoms with Crippen molar-refractivity contribution in [2.24, 2.45) is 0 Å². The van der Waals surface area contributed by atoms with E-state index in [0.717, 1.165) is 20.2 Å². The fourth-order valence-electron chi connectivity index (χ4n) is 1.69. The fourth-order valence-corrected chi connectivity index (χ4v) is 2.91. The van der Waals surface area contributed by atoms with E-state index < -0.39 is 6.04 Å². The van der Waals surface area contributed by atoms with E-state index in [-0.39, 0.29) is 0 Å². The van der Waals surface area contributed by atoms with E-state index in [0.29, 0.717) is 5.69 Å². The predicted octanol–water partition coefficient (Wildman–Crippen LogP) is 4.59. The zero-order valence-electron chi connectivity index (χ0n) is 10.2. The SMILES string of the molecule is Cc1ccccc1NC(C#N)c1ncc(Br)cc1Br. The lowest BCUT2D eigenvalue weighted by molar-refractivity contribution is 0.921. The zero-order valence-corrected chi connectivity index (χ0v) is 13.4. The minimum Gasteiger partial charge on any atom is -0.365 e. The molecule has 0 saturated carbocycles. The Kier molecular flexibility index (Phi) is 4.56. The van der Waals surface area contributed by atoms with Gasteiger partial charge in [-0.05, 0) is 56.5 Å². The summed E-state index contributed by atoms with van der Waals surface area (Å²) in [4.78, 5) is 4.30. The van der Waals surface area contributed by atoms with Crippen molar-refractivity contribution in [3.05, 3.63) is 56.7 Å². The van der Waals surface area contributed by atoms with Crippen LogP contribution in [0.2, 0.25) is 0 Å². The van der Waals surface area contributed by atoms with Crippen molar-refractivity contribution in [1.82, 2.24) is 4.98 Å². The summed E-state index contributed by atoms with van der Waals surface area (Å²) in [5, 5.41) is 12.5. The molecule has 2 rings (SSSR count). The van der Waals surface area contributed by atoms with Gasteiger partial charge in [0.1, 0.15) is 0 Å². The van der Waals surface area contributed by atoms with Gasteiger partial charge in [0.05, 0.1) is 11.8 Å². The molecule has 0 radical (unpaired) electrons. The van der Waals surface area contributed by atoms with Gasteiger partial charge in [0.15, 0.2) is 6.04 Å². The minimum absolute atomic E-state index is 0.497. The molecule has 1 atom stereocenters. The predicted molar refractivity (Wildman–Crippen MR) is 82.8 cm³/mol. The normalized spacial score (nSPS) is 11.7. The number of rotatable bonds is 3.